The summed E-state index contributed by atoms with van der Waals surface area (Å²) in [6.07, 6.45) is 5.06. The Hall–Kier alpha value is -2.14. The lowest BCUT2D eigenvalue weighted by molar-refractivity contribution is 0.179. The number of pyridine rings is 1. The molecule has 0 amide bonds. The minimum absolute atomic E-state index is 0.0238. The molecular formula is C16H20N4O. The fourth-order valence-electron chi connectivity index (χ4n) is 3.09. The largest absolute Gasteiger partial charge is 0.409 e. The third-order valence-electron chi connectivity index (χ3n) is 4.18. The first-order valence-electron chi connectivity index (χ1n) is 7.33. The molecule has 5 heteroatoms. The summed E-state index contributed by atoms with van der Waals surface area (Å²) < 4.78 is 0. The highest BCUT2D eigenvalue weighted by Crippen LogP contribution is 2.23. The summed E-state index contributed by atoms with van der Waals surface area (Å²) in [6, 6.07) is 10.2. The molecule has 0 spiro atoms. The summed E-state index contributed by atoms with van der Waals surface area (Å²) in [5, 5.41) is 13.3. The second-order valence-electron chi connectivity index (χ2n) is 5.49. The zero-order valence-corrected chi connectivity index (χ0v) is 11.9. The Morgan fingerprint density at radius 2 is 2.19 bits per heavy atom. The van der Waals surface area contributed by atoms with Crippen LogP contribution in [-0.4, -0.2) is 33.5 Å². The Bertz CT molecular complexity index is 650. The van der Waals surface area contributed by atoms with Gasteiger partial charge in [0.15, 0.2) is 5.84 Å². The van der Waals surface area contributed by atoms with Gasteiger partial charge in [0.25, 0.3) is 0 Å². The third kappa shape index (κ3) is 2.83. The number of fused-ring (bicyclic) bond motifs is 1. The third-order valence-corrected chi connectivity index (χ3v) is 4.18. The highest BCUT2D eigenvalue weighted by molar-refractivity contribution is 5.85. The number of nitrogens with zero attached hydrogens (tertiary/aromatic N) is 3. The van der Waals surface area contributed by atoms with Crippen LogP contribution in [0.3, 0.4) is 0 Å². The van der Waals surface area contributed by atoms with Gasteiger partial charge < -0.3 is 10.9 Å². The van der Waals surface area contributed by atoms with Crippen LogP contribution in [0.5, 0.6) is 0 Å². The molecule has 2 aromatic rings. The molecule has 1 unspecified atom stereocenters. The van der Waals surface area contributed by atoms with Crippen LogP contribution in [0.15, 0.2) is 41.7 Å². The van der Waals surface area contributed by atoms with Gasteiger partial charge in [-0.25, -0.2) is 0 Å². The first kappa shape index (κ1) is 13.8. The zero-order chi connectivity index (χ0) is 14.7. The van der Waals surface area contributed by atoms with Crippen LogP contribution >= 0.6 is 0 Å². The smallest absolute Gasteiger partial charge is 0.156 e. The molecule has 21 heavy (non-hydrogen) atoms. The number of amidine groups is 1. The molecule has 1 aromatic heterocycles. The Kier molecular flexibility index (Phi) is 4.01. The summed E-state index contributed by atoms with van der Waals surface area (Å²) in [6.45, 7) is 1.77. The average Bonchev–Trinajstić information content (AvgIpc) is 2.55. The number of nitrogens with two attached hydrogens (primary N) is 1. The van der Waals surface area contributed by atoms with Gasteiger partial charge >= 0.3 is 0 Å². The van der Waals surface area contributed by atoms with Crippen molar-refractivity contribution in [3.8, 4) is 0 Å². The van der Waals surface area contributed by atoms with E-state index in [0.29, 0.717) is 5.84 Å². The fourth-order valence-corrected chi connectivity index (χ4v) is 3.09. The second-order valence-corrected chi connectivity index (χ2v) is 5.49. The maximum absolute atomic E-state index is 8.97. The molecule has 0 bridgehead atoms. The quantitative estimate of drug-likeness (QED) is 0.392. The molecule has 0 aliphatic carbocycles. The topological polar surface area (TPSA) is 74.7 Å². The van der Waals surface area contributed by atoms with Crippen molar-refractivity contribution in [2.75, 3.05) is 6.54 Å². The van der Waals surface area contributed by atoms with Crippen LogP contribution in [0.25, 0.3) is 10.9 Å². The van der Waals surface area contributed by atoms with Crippen molar-refractivity contribution in [1.82, 2.24) is 9.88 Å². The molecular weight excluding hydrogens is 264 g/mol. The van der Waals surface area contributed by atoms with Crippen molar-refractivity contribution in [1.29, 1.82) is 0 Å². The molecule has 3 N–H and O–H groups in total. The van der Waals surface area contributed by atoms with E-state index in [1.165, 1.54) is 10.9 Å². The van der Waals surface area contributed by atoms with Gasteiger partial charge in [0.05, 0.1) is 11.6 Å². The van der Waals surface area contributed by atoms with E-state index in [1.807, 2.05) is 24.4 Å². The van der Waals surface area contributed by atoms with Gasteiger partial charge in [-0.1, -0.05) is 29.8 Å². The SMILES string of the molecule is NC(=NO)C1CCCCN1Cc1ccnc2ccccc12. The standard InChI is InChI=1S/C16H20N4O/c17-16(19-21)15-7-3-4-10-20(15)11-12-8-9-18-14-6-2-1-5-13(12)14/h1-2,5-6,8-9,15,21H,3-4,7,10-11H2,(H2,17,19). The van der Waals surface area contributed by atoms with Crippen LogP contribution in [0, 0.1) is 0 Å². The van der Waals surface area contributed by atoms with Gasteiger partial charge in [-0.15, -0.1) is 0 Å². The Labute approximate surface area is 124 Å². The second kappa shape index (κ2) is 6.10. The summed E-state index contributed by atoms with van der Waals surface area (Å²) in [5.41, 5.74) is 8.09. The molecule has 0 radical (unpaired) electrons. The van der Waals surface area contributed by atoms with Crippen LogP contribution in [0.1, 0.15) is 24.8 Å². The lowest BCUT2D eigenvalue weighted by Crippen LogP contribution is -2.47. The number of para-hydroxylation sites is 1. The summed E-state index contributed by atoms with van der Waals surface area (Å²) in [7, 11) is 0. The summed E-state index contributed by atoms with van der Waals surface area (Å²) in [5.74, 6) is 0.313. The molecule has 5 nitrogen and oxygen atoms in total. The number of likely N-dealkylation sites (tertiary alicyclic amines) is 1. The highest BCUT2D eigenvalue weighted by atomic mass is 16.4. The van der Waals surface area contributed by atoms with E-state index in [1.54, 1.807) is 0 Å². The number of rotatable bonds is 3. The first-order valence-corrected chi connectivity index (χ1v) is 7.33. The number of hydrogen-bond acceptors (Lipinski definition) is 4. The van der Waals surface area contributed by atoms with Crippen molar-refractivity contribution in [3.05, 3.63) is 42.1 Å². The van der Waals surface area contributed by atoms with Gasteiger partial charge in [-0.05, 0) is 37.1 Å². The molecule has 1 fully saturated rings. The van der Waals surface area contributed by atoms with E-state index in [2.05, 4.69) is 27.2 Å². The van der Waals surface area contributed by atoms with Crippen molar-refractivity contribution in [2.45, 2.75) is 31.8 Å². The van der Waals surface area contributed by atoms with Gasteiger partial charge in [0.1, 0.15) is 0 Å². The van der Waals surface area contributed by atoms with Crippen molar-refractivity contribution in [3.63, 3.8) is 0 Å². The molecule has 110 valence electrons. The average molecular weight is 284 g/mol. The Balaban J connectivity index is 1.90. The number of oxime groups is 1. The van der Waals surface area contributed by atoms with Gasteiger partial charge in [0, 0.05) is 18.1 Å². The van der Waals surface area contributed by atoms with Crippen LogP contribution < -0.4 is 5.73 Å². The van der Waals surface area contributed by atoms with E-state index >= 15 is 0 Å². The Morgan fingerprint density at radius 1 is 1.33 bits per heavy atom. The molecule has 1 aromatic carbocycles. The maximum atomic E-state index is 8.97. The molecule has 2 heterocycles. The molecule has 3 rings (SSSR count). The van der Waals surface area contributed by atoms with Crippen LogP contribution in [-0.2, 0) is 6.54 Å². The van der Waals surface area contributed by atoms with Gasteiger partial charge in [-0.2, -0.15) is 0 Å². The molecule has 1 aliphatic rings. The normalized spacial score (nSPS) is 20.8. The summed E-state index contributed by atoms with van der Waals surface area (Å²) >= 11 is 0. The van der Waals surface area contributed by atoms with E-state index in [-0.39, 0.29) is 6.04 Å². The maximum Gasteiger partial charge on any atom is 0.156 e. The lowest BCUT2D eigenvalue weighted by atomic mass is 9.99. The van der Waals surface area contributed by atoms with Crippen molar-refractivity contribution >= 4 is 16.7 Å². The van der Waals surface area contributed by atoms with Crippen molar-refractivity contribution < 1.29 is 5.21 Å². The molecule has 1 saturated heterocycles. The van der Waals surface area contributed by atoms with Gasteiger partial charge in [0.2, 0.25) is 0 Å². The van der Waals surface area contributed by atoms with E-state index in [4.69, 9.17) is 10.9 Å². The predicted molar refractivity (Wildman–Crippen MR) is 83.2 cm³/mol. The number of benzene rings is 1. The minimum Gasteiger partial charge on any atom is -0.409 e. The number of aromatic nitrogens is 1. The number of hydrogen-bond donors (Lipinski definition) is 2. The molecule has 0 saturated carbocycles. The number of piperidine rings is 1. The molecule has 1 atom stereocenters. The molecule has 1 aliphatic heterocycles. The van der Waals surface area contributed by atoms with E-state index < -0.39 is 0 Å². The predicted octanol–water partition coefficient (Wildman–Crippen LogP) is 2.34. The fraction of sp³-hybridized carbons (Fsp3) is 0.375. The summed E-state index contributed by atoms with van der Waals surface area (Å²) in [4.78, 5) is 6.69. The zero-order valence-electron chi connectivity index (χ0n) is 11.9. The van der Waals surface area contributed by atoms with Crippen LogP contribution in [0.4, 0.5) is 0 Å². The van der Waals surface area contributed by atoms with Crippen LogP contribution in [0.2, 0.25) is 0 Å². The Morgan fingerprint density at radius 3 is 3.05 bits per heavy atom. The van der Waals surface area contributed by atoms with Gasteiger partial charge in [-0.3, -0.25) is 9.88 Å². The van der Waals surface area contributed by atoms with Crippen molar-refractivity contribution in [2.24, 2.45) is 10.9 Å². The monoisotopic (exact) mass is 284 g/mol. The minimum atomic E-state index is 0.0238. The van der Waals surface area contributed by atoms with E-state index in [0.717, 1.165) is 37.9 Å². The van der Waals surface area contributed by atoms with E-state index in [9.17, 15) is 0 Å². The lowest BCUT2D eigenvalue weighted by Gasteiger charge is -2.34. The first-order chi connectivity index (χ1) is 10.3. The highest BCUT2D eigenvalue weighted by Gasteiger charge is 2.26.